The summed E-state index contributed by atoms with van der Waals surface area (Å²) in [5.41, 5.74) is 8.06. The summed E-state index contributed by atoms with van der Waals surface area (Å²) in [6.45, 7) is 0.588. The van der Waals surface area contributed by atoms with Crippen LogP contribution in [0.1, 0.15) is 12.0 Å². The Morgan fingerprint density at radius 2 is 2.00 bits per heavy atom. The van der Waals surface area contributed by atoms with Gasteiger partial charge in [-0.05, 0) is 30.5 Å². The molecule has 2 N–H and O–H groups in total. The van der Waals surface area contributed by atoms with Crippen molar-refractivity contribution in [3.8, 4) is 0 Å². The summed E-state index contributed by atoms with van der Waals surface area (Å²) in [5.74, 6) is 0. The molecule has 0 fully saturated rings. The lowest BCUT2D eigenvalue weighted by atomic mass is 10.1. The summed E-state index contributed by atoms with van der Waals surface area (Å²) >= 11 is 0. The van der Waals surface area contributed by atoms with Gasteiger partial charge in [-0.1, -0.05) is 12.1 Å². The first-order valence-corrected chi connectivity index (χ1v) is 6.47. The van der Waals surface area contributed by atoms with Gasteiger partial charge in [0.25, 0.3) is 0 Å². The first-order chi connectivity index (χ1) is 9.74. The molecule has 0 aliphatic rings. The zero-order valence-corrected chi connectivity index (χ0v) is 10.9. The molecule has 1 aromatic carbocycles. The summed E-state index contributed by atoms with van der Waals surface area (Å²) in [5, 5.41) is 4.24. The topological polar surface area (TPSA) is 78.2 Å². The Morgan fingerprint density at radius 1 is 1.20 bits per heavy atom. The van der Waals surface area contributed by atoms with Crippen molar-refractivity contribution in [1.82, 2.24) is 19.2 Å². The van der Waals surface area contributed by atoms with Crippen molar-refractivity contribution in [1.29, 1.82) is 0 Å². The molecular formula is C14H15N5O. The summed E-state index contributed by atoms with van der Waals surface area (Å²) < 4.78 is 2.98. The summed E-state index contributed by atoms with van der Waals surface area (Å²) in [4.78, 5) is 16.0. The van der Waals surface area contributed by atoms with Crippen LogP contribution in [0.5, 0.6) is 0 Å². The van der Waals surface area contributed by atoms with Crippen LogP contribution < -0.4 is 11.4 Å². The lowest BCUT2D eigenvalue weighted by molar-refractivity contribution is 0.560. The van der Waals surface area contributed by atoms with Crippen LogP contribution in [0.15, 0.2) is 47.7 Å². The minimum atomic E-state index is -0.125. The number of nitrogens with two attached hydrogens (primary N) is 1. The van der Waals surface area contributed by atoms with E-state index in [2.05, 4.69) is 10.1 Å². The molecule has 3 rings (SSSR count). The molecule has 0 saturated carbocycles. The van der Waals surface area contributed by atoms with Crippen LogP contribution in [0.2, 0.25) is 0 Å². The van der Waals surface area contributed by atoms with Gasteiger partial charge in [0.15, 0.2) is 5.65 Å². The standard InChI is InChI=1S/C14H15N5O/c15-12-5-3-11(4-6-12)2-1-8-19-14(20)18-9-7-16-10-13(18)17-19/h3-7,9-10H,1-2,8,15H2. The van der Waals surface area contributed by atoms with Gasteiger partial charge >= 0.3 is 5.69 Å². The highest BCUT2D eigenvalue weighted by Gasteiger charge is 2.05. The molecule has 102 valence electrons. The molecule has 2 heterocycles. The molecule has 20 heavy (non-hydrogen) atoms. The fourth-order valence-electron chi connectivity index (χ4n) is 2.14. The Labute approximate surface area is 115 Å². The summed E-state index contributed by atoms with van der Waals surface area (Å²) in [7, 11) is 0. The molecule has 2 aromatic heterocycles. The molecule has 6 nitrogen and oxygen atoms in total. The molecular weight excluding hydrogens is 254 g/mol. The number of aryl methyl sites for hydroxylation is 2. The number of aromatic nitrogens is 4. The number of anilines is 1. The van der Waals surface area contributed by atoms with Gasteiger partial charge in [-0.25, -0.2) is 13.9 Å². The summed E-state index contributed by atoms with van der Waals surface area (Å²) in [6.07, 6.45) is 6.52. The normalized spacial score (nSPS) is 11.0. The Kier molecular flexibility index (Phi) is 3.20. The van der Waals surface area contributed by atoms with E-state index in [0.29, 0.717) is 12.2 Å². The zero-order chi connectivity index (χ0) is 13.9. The van der Waals surface area contributed by atoms with Crippen LogP contribution in [0, 0.1) is 0 Å². The van der Waals surface area contributed by atoms with Crippen molar-refractivity contribution >= 4 is 11.3 Å². The zero-order valence-electron chi connectivity index (χ0n) is 10.9. The number of hydrogen-bond acceptors (Lipinski definition) is 4. The van der Waals surface area contributed by atoms with Crippen molar-refractivity contribution in [3.63, 3.8) is 0 Å². The fraction of sp³-hybridized carbons (Fsp3) is 0.214. The Hall–Kier alpha value is -2.63. The average molecular weight is 269 g/mol. The molecule has 0 aliphatic carbocycles. The smallest absolute Gasteiger partial charge is 0.350 e. The van der Waals surface area contributed by atoms with Gasteiger partial charge in [-0.3, -0.25) is 4.98 Å². The van der Waals surface area contributed by atoms with Crippen molar-refractivity contribution in [3.05, 3.63) is 58.9 Å². The monoisotopic (exact) mass is 269 g/mol. The van der Waals surface area contributed by atoms with E-state index in [-0.39, 0.29) is 5.69 Å². The van der Waals surface area contributed by atoms with Gasteiger partial charge in [-0.2, -0.15) is 0 Å². The quantitative estimate of drug-likeness (QED) is 0.719. The van der Waals surface area contributed by atoms with E-state index in [1.54, 1.807) is 18.6 Å². The Morgan fingerprint density at radius 3 is 2.75 bits per heavy atom. The Bertz CT molecular complexity index is 772. The maximum Gasteiger partial charge on any atom is 0.350 e. The highest BCUT2D eigenvalue weighted by atomic mass is 16.2. The molecule has 0 unspecified atom stereocenters. The molecule has 0 aliphatic heterocycles. The van der Waals surface area contributed by atoms with Gasteiger partial charge < -0.3 is 5.73 Å². The number of hydrogen-bond donors (Lipinski definition) is 1. The molecule has 0 spiro atoms. The van der Waals surface area contributed by atoms with Gasteiger partial charge in [0.1, 0.15) is 0 Å². The number of fused-ring (bicyclic) bond motifs is 1. The molecule has 0 radical (unpaired) electrons. The maximum absolute atomic E-state index is 12.0. The predicted octanol–water partition coefficient (Wildman–Crippen LogP) is 1.11. The molecule has 3 aromatic rings. The van der Waals surface area contributed by atoms with E-state index < -0.39 is 0 Å². The molecule has 0 atom stereocenters. The average Bonchev–Trinajstić information content (AvgIpc) is 2.78. The highest BCUT2D eigenvalue weighted by molar-refractivity contribution is 5.39. The maximum atomic E-state index is 12.0. The van der Waals surface area contributed by atoms with Crippen LogP contribution in [-0.2, 0) is 13.0 Å². The highest BCUT2D eigenvalue weighted by Crippen LogP contribution is 2.08. The van der Waals surface area contributed by atoms with Gasteiger partial charge in [0.2, 0.25) is 0 Å². The molecule has 0 saturated heterocycles. The van der Waals surface area contributed by atoms with Crippen molar-refractivity contribution in [2.24, 2.45) is 0 Å². The lowest BCUT2D eigenvalue weighted by Gasteiger charge is -2.01. The van der Waals surface area contributed by atoms with E-state index in [0.717, 1.165) is 18.5 Å². The van der Waals surface area contributed by atoms with Gasteiger partial charge in [0, 0.05) is 24.6 Å². The lowest BCUT2D eigenvalue weighted by Crippen LogP contribution is -2.21. The number of nitrogens with zero attached hydrogens (tertiary/aromatic N) is 4. The number of nitrogen functional groups attached to an aromatic ring is 1. The van der Waals surface area contributed by atoms with Gasteiger partial charge in [-0.15, -0.1) is 5.10 Å². The van der Waals surface area contributed by atoms with E-state index in [1.807, 2.05) is 24.3 Å². The molecule has 6 heteroatoms. The second-order valence-electron chi connectivity index (χ2n) is 4.66. The third kappa shape index (κ3) is 2.40. The third-order valence-electron chi connectivity index (χ3n) is 3.20. The minimum absolute atomic E-state index is 0.125. The van der Waals surface area contributed by atoms with Crippen LogP contribution >= 0.6 is 0 Å². The van der Waals surface area contributed by atoms with Crippen LogP contribution in [0.4, 0.5) is 5.69 Å². The second-order valence-corrected chi connectivity index (χ2v) is 4.66. The van der Waals surface area contributed by atoms with Crippen LogP contribution in [0.3, 0.4) is 0 Å². The minimum Gasteiger partial charge on any atom is -0.399 e. The Balaban J connectivity index is 1.69. The number of rotatable bonds is 4. The predicted molar refractivity (Wildman–Crippen MR) is 76.4 cm³/mol. The van der Waals surface area contributed by atoms with E-state index in [4.69, 9.17) is 5.73 Å². The third-order valence-corrected chi connectivity index (χ3v) is 3.20. The van der Waals surface area contributed by atoms with Crippen molar-refractivity contribution in [2.75, 3.05) is 5.73 Å². The second kappa shape index (κ2) is 5.16. The first-order valence-electron chi connectivity index (χ1n) is 6.47. The van der Waals surface area contributed by atoms with Crippen LogP contribution in [0.25, 0.3) is 5.65 Å². The van der Waals surface area contributed by atoms with Gasteiger partial charge in [0.05, 0.1) is 6.20 Å². The SMILES string of the molecule is Nc1ccc(CCCn2nc3cnccn3c2=O)cc1. The number of benzene rings is 1. The van der Waals surface area contributed by atoms with Crippen molar-refractivity contribution in [2.45, 2.75) is 19.4 Å². The molecule has 0 bridgehead atoms. The largest absolute Gasteiger partial charge is 0.399 e. The van der Waals surface area contributed by atoms with E-state index in [9.17, 15) is 4.79 Å². The van der Waals surface area contributed by atoms with Crippen LogP contribution in [-0.4, -0.2) is 19.2 Å². The first kappa shape index (κ1) is 12.4. The summed E-state index contributed by atoms with van der Waals surface area (Å²) in [6, 6.07) is 7.79. The fourth-order valence-corrected chi connectivity index (χ4v) is 2.14. The van der Waals surface area contributed by atoms with E-state index >= 15 is 0 Å². The van der Waals surface area contributed by atoms with E-state index in [1.165, 1.54) is 14.6 Å². The van der Waals surface area contributed by atoms with Crippen molar-refractivity contribution < 1.29 is 0 Å². The molecule has 0 amide bonds.